The highest BCUT2D eigenvalue weighted by Crippen LogP contribution is 2.32. The third-order valence-electron chi connectivity index (χ3n) is 4.40. The molecule has 4 nitrogen and oxygen atoms in total. The Morgan fingerprint density at radius 2 is 2.08 bits per heavy atom. The first-order chi connectivity index (χ1) is 12.8. The van der Waals surface area contributed by atoms with Crippen LogP contribution in [0.15, 0.2) is 52.9 Å². The zero-order valence-electron chi connectivity index (χ0n) is 14.3. The van der Waals surface area contributed by atoms with Gasteiger partial charge < -0.3 is 10.1 Å². The molecule has 134 valence electrons. The van der Waals surface area contributed by atoms with Crippen molar-refractivity contribution < 1.29 is 9.53 Å². The summed E-state index contributed by atoms with van der Waals surface area (Å²) in [5.41, 5.74) is 2.79. The molecule has 26 heavy (non-hydrogen) atoms. The fourth-order valence-electron chi connectivity index (χ4n) is 3.03. The number of benzene rings is 2. The van der Waals surface area contributed by atoms with Crippen molar-refractivity contribution in [2.24, 2.45) is 0 Å². The van der Waals surface area contributed by atoms with E-state index in [1.54, 1.807) is 23.1 Å². The maximum absolute atomic E-state index is 12.6. The van der Waals surface area contributed by atoms with Gasteiger partial charge in [-0.05, 0) is 36.6 Å². The molecular formula is C20H20N2O2S2. The van der Waals surface area contributed by atoms with Crippen LogP contribution < -0.4 is 5.32 Å². The van der Waals surface area contributed by atoms with Gasteiger partial charge in [-0.15, -0.1) is 11.3 Å². The molecule has 2 aromatic carbocycles. The highest BCUT2D eigenvalue weighted by molar-refractivity contribution is 8.00. The second-order valence-electron chi connectivity index (χ2n) is 6.24. The summed E-state index contributed by atoms with van der Waals surface area (Å²) in [5.74, 6) is 0.699. The number of amides is 1. The number of aromatic nitrogens is 1. The lowest BCUT2D eigenvalue weighted by molar-refractivity contribution is 0.0857. The van der Waals surface area contributed by atoms with E-state index in [-0.39, 0.29) is 12.0 Å². The van der Waals surface area contributed by atoms with Crippen molar-refractivity contribution in [1.82, 2.24) is 10.3 Å². The van der Waals surface area contributed by atoms with Gasteiger partial charge in [0.1, 0.15) is 0 Å². The van der Waals surface area contributed by atoms with Gasteiger partial charge in [0.15, 0.2) is 4.34 Å². The van der Waals surface area contributed by atoms with Gasteiger partial charge in [-0.1, -0.05) is 42.1 Å². The number of thioether (sulfide) groups is 1. The average molecular weight is 385 g/mol. The van der Waals surface area contributed by atoms with Crippen molar-refractivity contribution in [3.63, 3.8) is 0 Å². The SMILES string of the molecule is O=C(NC[C@@H]1CCCO1)c1ccccc1CSc1nc2ccccc2s1. The summed E-state index contributed by atoms with van der Waals surface area (Å²) in [4.78, 5) is 17.2. The average Bonchev–Trinajstić information content (AvgIpc) is 3.33. The van der Waals surface area contributed by atoms with E-state index in [0.717, 1.165) is 46.2 Å². The highest BCUT2D eigenvalue weighted by atomic mass is 32.2. The minimum absolute atomic E-state index is 0.0269. The Kier molecular flexibility index (Phi) is 5.53. The summed E-state index contributed by atoms with van der Waals surface area (Å²) in [6.07, 6.45) is 2.26. The Balaban J connectivity index is 1.42. The maximum Gasteiger partial charge on any atom is 0.251 e. The van der Waals surface area contributed by atoms with Crippen molar-refractivity contribution in [1.29, 1.82) is 0 Å². The molecule has 0 unspecified atom stereocenters. The lowest BCUT2D eigenvalue weighted by Gasteiger charge is -2.12. The second kappa shape index (κ2) is 8.20. The van der Waals surface area contributed by atoms with Gasteiger partial charge in [0, 0.05) is 24.5 Å². The van der Waals surface area contributed by atoms with Crippen LogP contribution in [0.1, 0.15) is 28.8 Å². The van der Waals surface area contributed by atoms with Crippen molar-refractivity contribution >= 4 is 39.2 Å². The second-order valence-corrected chi connectivity index (χ2v) is 8.49. The predicted molar refractivity (Wildman–Crippen MR) is 107 cm³/mol. The number of rotatable bonds is 6. The lowest BCUT2D eigenvalue weighted by atomic mass is 10.1. The van der Waals surface area contributed by atoms with Gasteiger partial charge in [0.05, 0.1) is 16.3 Å². The van der Waals surface area contributed by atoms with E-state index in [2.05, 4.69) is 16.4 Å². The zero-order chi connectivity index (χ0) is 17.8. The van der Waals surface area contributed by atoms with Crippen LogP contribution in [0, 0.1) is 0 Å². The molecule has 3 aromatic rings. The Bertz CT molecular complexity index is 870. The van der Waals surface area contributed by atoms with Crippen LogP contribution in [0.5, 0.6) is 0 Å². The van der Waals surface area contributed by atoms with E-state index < -0.39 is 0 Å². The van der Waals surface area contributed by atoms with Crippen LogP contribution in [-0.4, -0.2) is 30.1 Å². The summed E-state index contributed by atoms with van der Waals surface area (Å²) >= 11 is 3.37. The van der Waals surface area contributed by atoms with Gasteiger partial charge in [0.25, 0.3) is 5.91 Å². The first kappa shape index (κ1) is 17.5. The fourth-order valence-corrected chi connectivity index (χ4v) is 5.10. The Hall–Kier alpha value is -1.89. The molecule has 1 amide bonds. The van der Waals surface area contributed by atoms with E-state index >= 15 is 0 Å². The minimum atomic E-state index is -0.0269. The minimum Gasteiger partial charge on any atom is -0.376 e. The van der Waals surface area contributed by atoms with Crippen LogP contribution in [0.4, 0.5) is 0 Å². The van der Waals surface area contributed by atoms with Gasteiger partial charge in [0.2, 0.25) is 0 Å². The van der Waals surface area contributed by atoms with Crippen molar-refractivity contribution in [2.75, 3.05) is 13.2 Å². The number of nitrogens with one attached hydrogen (secondary N) is 1. The van der Waals surface area contributed by atoms with Crippen LogP contribution >= 0.6 is 23.1 Å². The molecule has 4 rings (SSSR count). The Labute approximate surface area is 161 Å². The number of hydrogen-bond donors (Lipinski definition) is 1. The molecule has 0 spiro atoms. The predicted octanol–water partition coefficient (Wildman–Crippen LogP) is 4.50. The summed E-state index contributed by atoms with van der Waals surface area (Å²) in [5, 5.41) is 3.01. The van der Waals surface area contributed by atoms with E-state index in [4.69, 9.17) is 4.74 Å². The number of carbonyl (C=O) groups excluding carboxylic acids is 1. The molecule has 1 atom stereocenters. The first-order valence-corrected chi connectivity index (χ1v) is 10.6. The third-order valence-corrected chi connectivity index (χ3v) is 6.63. The third kappa shape index (κ3) is 4.09. The van der Waals surface area contributed by atoms with Crippen molar-refractivity contribution in [3.8, 4) is 0 Å². The molecule has 1 aliphatic rings. The molecule has 1 saturated heterocycles. The quantitative estimate of drug-likeness (QED) is 0.636. The summed E-state index contributed by atoms with van der Waals surface area (Å²) in [6.45, 7) is 1.38. The standard InChI is InChI=1S/C20H20N2O2S2/c23-19(21-12-15-7-5-11-24-15)16-8-2-1-6-14(16)13-25-20-22-17-9-3-4-10-18(17)26-20/h1-4,6,8-10,15H,5,7,11-13H2,(H,21,23)/t15-/m0/s1. The largest absolute Gasteiger partial charge is 0.376 e. The lowest BCUT2D eigenvalue weighted by Crippen LogP contribution is -2.32. The summed E-state index contributed by atoms with van der Waals surface area (Å²) in [6, 6.07) is 15.9. The van der Waals surface area contributed by atoms with Crippen LogP contribution in [-0.2, 0) is 10.5 Å². The Morgan fingerprint density at radius 1 is 1.23 bits per heavy atom. The molecule has 0 aliphatic carbocycles. The highest BCUT2D eigenvalue weighted by Gasteiger charge is 2.18. The first-order valence-electron chi connectivity index (χ1n) is 8.76. The molecule has 0 bridgehead atoms. The maximum atomic E-state index is 12.6. The topological polar surface area (TPSA) is 51.2 Å². The number of hydrogen-bond acceptors (Lipinski definition) is 5. The monoisotopic (exact) mass is 384 g/mol. The van der Waals surface area contributed by atoms with Gasteiger partial charge in [-0.2, -0.15) is 0 Å². The van der Waals surface area contributed by atoms with Crippen LogP contribution in [0.25, 0.3) is 10.2 Å². The van der Waals surface area contributed by atoms with Crippen LogP contribution in [0.2, 0.25) is 0 Å². The van der Waals surface area contributed by atoms with E-state index in [1.807, 2.05) is 42.5 Å². The molecule has 2 heterocycles. The van der Waals surface area contributed by atoms with Gasteiger partial charge in [-0.25, -0.2) is 4.98 Å². The van der Waals surface area contributed by atoms with Crippen LogP contribution in [0.3, 0.4) is 0 Å². The molecule has 1 fully saturated rings. The molecule has 0 radical (unpaired) electrons. The number of fused-ring (bicyclic) bond motifs is 1. The van der Waals surface area contributed by atoms with Gasteiger partial charge >= 0.3 is 0 Å². The molecule has 1 aliphatic heterocycles. The number of carbonyl (C=O) groups is 1. The summed E-state index contributed by atoms with van der Waals surface area (Å²) in [7, 11) is 0. The molecule has 1 aromatic heterocycles. The smallest absolute Gasteiger partial charge is 0.251 e. The number of thiazole rings is 1. The molecule has 1 N–H and O–H groups in total. The van der Waals surface area contributed by atoms with E-state index in [1.165, 1.54) is 4.70 Å². The van der Waals surface area contributed by atoms with Gasteiger partial charge in [-0.3, -0.25) is 4.79 Å². The van der Waals surface area contributed by atoms with E-state index in [0.29, 0.717) is 6.54 Å². The molecule has 6 heteroatoms. The fraction of sp³-hybridized carbons (Fsp3) is 0.300. The number of para-hydroxylation sites is 1. The molecule has 0 saturated carbocycles. The zero-order valence-corrected chi connectivity index (χ0v) is 15.9. The number of ether oxygens (including phenoxy) is 1. The molecular weight excluding hydrogens is 364 g/mol. The van der Waals surface area contributed by atoms with Crippen molar-refractivity contribution in [2.45, 2.75) is 29.0 Å². The van der Waals surface area contributed by atoms with Crippen molar-refractivity contribution in [3.05, 3.63) is 59.7 Å². The Morgan fingerprint density at radius 3 is 2.92 bits per heavy atom. The van der Waals surface area contributed by atoms with E-state index in [9.17, 15) is 4.79 Å². The normalized spacial score (nSPS) is 16.8. The number of nitrogens with zero attached hydrogens (tertiary/aromatic N) is 1. The summed E-state index contributed by atoms with van der Waals surface area (Å²) < 4.78 is 7.80.